The molecule has 0 bridgehead atoms. The van der Waals surface area contributed by atoms with Crippen LogP contribution in [-0.4, -0.2) is 0 Å². The van der Waals surface area contributed by atoms with E-state index < -0.39 is 0 Å². The van der Waals surface area contributed by atoms with Crippen molar-refractivity contribution in [3.05, 3.63) is 194 Å². The van der Waals surface area contributed by atoms with E-state index in [4.69, 9.17) is 0 Å². The molecule has 0 radical (unpaired) electrons. The summed E-state index contributed by atoms with van der Waals surface area (Å²) < 4.78 is 2.67. The molecule has 0 N–H and O–H groups in total. The number of fused-ring (bicyclic) bond motifs is 5. The lowest BCUT2D eigenvalue weighted by atomic mass is 9.83. The van der Waals surface area contributed by atoms with Crippen molar-refractivity contribution in [2.24, 2.45) is 0 Å². The van der Waals surface area contributed by atoms with E-state index >= 15 is 0 Å². The Balaban J connectivity index is 1.24. The Morgan fingerprint density at radius 2 is 0.784 bits per heavy atom. The van der Waals surface area contributed by atoms with E-state index in [2.05, 4.69) is 194 Å². The fourth-order valence-electron chi connectivity index (χ4n) is 7.98. The first-order chi connectivity index (χ1) is 25.3. The zero-order valence-corrected chi connectivity index (χ0v) is 28.7. The Morgan fingerprint density at radius 1 is 0.255 bits per heavy atom. The average Bonchev–Trinajstić information content (AvgIpc) is 3.59. The summed E-state index contributed by atoms with van der Waals surface area (Å²) in [4.78, 5) is 0. The molecular weight excluding hydrogens is 633 g/mol. The number of hydrogen-bond donors (Lipinski definition) is 0. The van der Waals surface area contributed by atoms with Crippen molar-refractivity contribution in [3.63, 3.8) is 0 Å². The molecule has 0 aliphatic carbocycles. The molecule has 0 aliphatic heterocycles. The highest BCUT2D eigenvalue weighted by Gasteiger charge is 2.20. The fourth-order valence-corrected chi connectivity index (χ4v) is 9.21. The highest BCUT2D eigenvalue weighted by molar-refractivity contribution is 7.26. The van der Waals surface area contributed by atoms with Gasteiger partial charge in [0, 0.05) is 20.2 Å². The van der Waals surface area contributed by atoms with Gasteiger partial charge < -0.3 is 0 Å². The zero-order valence-electron chi connectivity index (χ0n) is 27.9. The van der Waals surface area contributed by atoms with E-state index in [-0.39, 0.29) is 0 Å². The SMILES string of the molecule is c1ccc(-c2ccccc2-c2c3ccccc3c(-c3ccccc3)c3ccc(-c4cccc(-c5cccc6c5sc5ccccc56)c4)cc23)cc1. The quantitative estimate of drug-likeness (QED) is 0.161. The maximum absolute atomic E-state index is 2.43. The van der Waals surface area contributed by atoms with Gasteiger partial charge in [0.2, 0.25) is 0 Å². The van der Waals surface area contributed by atoms with Gasteiger partial charge in [-0.25, -0.2) is 0 Å². The first kappa shape index (κ1) is 29.6. The Hall–Kier alpha value is -6.28. The van der Waals surface area contributed by atoms with Crippen LogP contribution in [0.25, 0.3) is 97.4 Å². The Labute approximate surface area is 301 Å². The van der Waals surface area contributed by atoms with Gasteiger partial charge in [-0.15, -0.1) is 11.3 Å². The molecule has 0 atom stereocenters. The molecule has 0 spiro atoms. The van der Waals surface area contributed by atoms with Crippen LogP contribution in [0, 0.1) is 0 Å². The van der Waals surface area contributed by atoms with E-state index in [9.17, 15) is 0 Å². The highest BCUT2D eigenvalue weighted by Crippen LogP contribution is 2.47. The minimum atomic E-state index is 1.21. The first-order valence-corrected chi connectivity index (χ1v) is 18.3. The summed E-state index contributed by atoms with van der Waals surface area (Å²) in [5.74, 6) is 0. The normalized spacial score (nSPS) is 11.5. The van der Waals surface area contributed by atoms with E-state index in [1.54, 1.807) is 0 Å². The van der Waals surface area contributed by atoms with Gasteiger partial charge in [-0.3, -0.25) is 0 Å². The molecule has 1 aromatic heterocycles. The van der Waals surface area contributed by atoms with E-state index in [1.165, 1.54) is 97.4 Å². The van der Waals surface area contributed by atoms with Crippen LogP contribution in [0.3, 0.4) is 0 Å². The first-order valence-electron chi connectivity index (χ1n) is 17.5. The van der Waals surface area contributed by atoms with Crippen molar-refractivity contribution in [2.75, 3.05) is 0 Å². The average molecular weight is 665 g/mol. The Kier molecular flexibility index (Phi) is 7.11. The second-order valence-corrected chi connectivity index (χ2v) is 14.2. The minimum Gasteiger partial charge on any atom is -0.135 e. The molecule has 0 saturated carbocycles. The van der Waals surface area contributed by atoms with Gasteiger partial charge >= 0.3 is 0 Å². The van der Waals surface area contributed by atoms with E-state index in [0.717, 1.165) is 0 Å². The van der Waals surface area contributed by atoms with Crippen LogP contribution in [0.2, 0.25) is 0 Å². The Morgan fingerprint density at radius 3 is 1.59 bits per heavy atom. The molecule has 0 amide bonds. The summed E-state index contributed by atoms with van der Waals surface area (Å²) in [6.07, 6.45) is 0. The lowest BCUT2D eigenvalue weighted by Gasteiger charge is -2.20. The predicted molar refractivity (Wildman–Crippen MR) is 222 cm³/mol. The number of rotatable bonds is 5. The topological polar surface area (TPSA) is 0 Å². The predicted octanol–water partition coefficient (Wildman–Crippen LogP) is 14.7. The molecule has 0 fully saturated rings. The van der Waals surface area contributed by atoms with Crippen molar-refractivity contribution in [1.82, 2.24) is 0 Å². The number of benzene rings is 9. The third-order valence-electron chi connectivity index (χ3n) is 10.3. The van der Waals surface area contributed by atoms with E-state index in [0.29, 0.717) is 0 Å². The highest BCUT2D eigenvalue weighted by atomic mass is 32.1. The second kappa shape index (κ2) is 12.2. The molecular formula is C50H32S. The van der Waals surface area contributed by atoms with Crippen molar-refractivity contribution < 1.29 is 0 Å². The van der Waals surface area contributed by atoms with Gasteiger partial charge in [0.05, 0.1) is 0 Å². The molecule has 10 aromatic rings. The molecule has 1 heterocycles. The zero-order chi connectivity index (χ0) is 33.7. The maximum Gasteiger partial charge on any atom is 0.0433 e. The van der Waals surface area contributed by atoms with Gasteiger partial charge in [0.1, 0.15) is 0 Å². The smallest absolute Gasteiger partial charge is 0.0433 e. The molecule has 0 nitrogen and oxygen atoms in total. The number of thiophene rings is 1. The third kappa shape index (κ3) is 4.97. The van der Waals surface area contributed by atoms with Crippen LogP contribution in [0.5, 0.6) is 0 Å². The van der Waals surface area contributed by atoms with Gasteiger partial charge in [-0.2, -0.15) is 0 Å². The van der Waals surface area contributed by atoms with Gasteiger partial charge in [-0.1, -0.05) is 176 Å². The van der Waals surface area contributed by atoms with Crippen molar-refractivity contribution in [1.29, 1.82) is 0 Å². The minimum absolute atomic E-state index is 1.21. The van der Waals surface area contributed by atoms with Gasteiger partial charge in [0.25, 0.3) is 0 Å². The molecule has 238 valence electrons. The lowest BCUT2D eigenvalue weighted by Crippen LogP contribution is -1.93. The molecule has 51 heavy (non-hydrogen) atoms. The van der Waals surface area contributed by atoms with Crippen molar-refractivity contribution >= 4 is 53.1 Å². The molecule has 0 saturated heterocycles. The molecule has 0 unspecified atom stereocenters. The van der Waals surface area contributed by atoms with Crippen molar-refractivity contribution in [3.8, 4) is 55.6 Å². The molecule has 0 aliphatic rings. The number of hydrogen-bond acceptors (Lipinski definition) is 1. The summed E-state index contributed by atoms with van der Waals surface area (Å²) >= 11 is 1.89. The van der Waals surface area contributed by atoms with Crippen molar-refractivity contribution in [2.45, 2.75) is 0 Å². The third-order valence-corrected chi connectivity index (χ3v) is 11.5. The molecule has 10 rings (SSSR count). The van der Waals surface area contributed by atoms with Crippen LogP contribution < -0.4 is 0 Å². The fraction of sp³-hybridized carbons (Fsp3) is 0. The Bertz CT molecular complexity index is 2900. The molecule has 9 aromatic carbocycles. The van der Waals surface area contributed by atoms with Crippen LogP contribution >= 0.6 is 11.3 Å². The van der Waals surface area contributed by atoms with Gasteiger partial charge in [0.15, 0.2) is 0 Å². The molecule has 1 heteroatoms. The monoisotopic (exact) mass is 664 g/mol. The van der Waals surface area contributed by atoms with Crippen LogP contribution in [-0.2, 0) is 0 Å². The van der Waals surface area contributed by atoms with Crippen LogP contribution in [0.1, 0.15) is 0 Å². The largest absolute Gasteiger partial charge is 0.135 e. The summed E-state index contributed by atoms with van der Waals surface area (Å²) in [5, 5.41) is 7.69. The van der Waals surface area contributed by atoms with Crippen LogP contribution in [0.15, 0.2) is 194 Å². The standard InChI is InChI=1S/C50H32S/c1-3-15-33(16-4-1)38-21-7-8-23-41(38)49-43-25-10-9-24-42(43)48(34-17-5-2-6-18-34)44-30-29-36(32-46(44)49)35-19-13-20-37(31-35)39-26-14-27-45-40-22-11-12-28-47(40)51-50(39)45/h1-32H. The summed E-state index contributed by atoms with van der Waals surface area (Å²) in [6.45, 7) is 0. The second-order valence-electron chi connectivity index (χ2n) is 13.2. The summed E-state index contributed by atoms with van der Waals surface area (Å²) in [6, 6.07) is 71.2. The van der Waals surface area contributed by atoms with Crippen LogP contribution in [0.4, 0.5) is 0 Å². The van der Waals surface area contributed by atoms with E-state index in [1.807, 2.05) is 11.3 Å². The summed E-state index contributed by atoms with van der Waals surface area (Å²) in [5.41, 5.74) is 12.4. The lowest BCUT2D eigenvalue weighted by molar-refractivity contribution is 1.60. The maximum atomic E-state index is 2.43. The summed E-state index contributed by atoms with van der Waals surface area (Å²) in [7, 11) is 0. The van der Waals surface area contributed by atoms with Gasteiger partial charge in [-0.05, 0) is 95.4 Å².